The van der Waals surface area contributed by atoms with Gasteiger partial charge in [0.15, 0.2) is 0 Å². The fraction of sp³-hybridized carbons (Fsp3) is 0. The van der Waals surface area contributed by atoms with Crippen LogP contribution in [0.1, 0.15) is 0 Å². The molecule has 0 spiro atoms. The zero-order chi connectivity index (χ0) is 11.0. The number of aromatic amines is 1. The molecular formula is C8H3F3N2OS. The van der Waals surface area contributed by atoms with Gasteiger partial charge in [0, 0.05) is 12.1 Å². The fourth-order valence-corrected chi connectivity index (χ4v) is 1.21. The van der Waals surface area contributed by atoms with E-state index < -0.39 is 23.0 Å². The minimum absolute atomic E-state index is 0.117. The second kappa shape index (κ2) is 3.50. The lowest BCUT2D eigenvalue weighted by molar-refractivity contribution is 0.517. The monoisotopic (exact) mass is 232 g/mol. The zero-order valence-corrected chi connectivity index (χ0v) is 7.87. The molecule has 0 saturated carbocycles. The van der Waals surface area contributed by atoms with Crippen molar-refractivity contribution in [2.45, 2.75) is 0 Å². The van der Waals surface area contributed by atoms with Crippen LogP contribution in [0.3, 0.4) is 0 Å². The minimum atomic E-state index is -1.10. The first-order chi connectivity index (χ1) is 7.08. The molecule has 1 N–H and O–H groups in total. The molecule has 0 bridgehead atoms. The van der Waals surface area contributed by atoms with E-state index in [2.05, 4.69) is 22.4 Å². The molecule has 0 fully saturated rings. The maximum Gasteiger partial charge on any atom is 0.284 e. The van der Waals surface area contributed by atoms with Gasteiger partial charge in [0.25, 0.3) is 10.7 Å². The largest absolute Gasteiger partial charge is 0.409 e. The Balaban J connectivity index is 2.67. The molecule has 1 heterocycles. The molecule has 1 aromatic heterocycles. The Morgan fingerprint density at radius 2 is 1.80 bits per heavy atom. The summed E-state index contributed by atoms with van der Waals surface area (Å²) in [6.45, 7) is 0. The average Bonchev–Trinajstić information content (AvgIpc) is 2.49. The van der Waals surface area contributed by atoms with E-state index in [0.29, 0.717) is 12.1 Å². The molecule has 0 aliphatic rings. The number of rotatable bonds is 1. The first-order valence-electron chi connectivity index (χ1n) is 3.78. The summed E-state index contributed by atoms with van der Waals surface area (Å²) in [5, 5.41) is 5.65. The Morgan fingerprint density at radius 1 is 1.20 bits per heavy atom. The van der Waals surface area contributed by atoms with Crippen LogP contribution in [-0.4, -0.2) is 10.2 Å². The summed E-state index contributed by atoms with van der Waals surface area (Å²) < 4.78 is 43.6. The van der Waals surface area contributed by atoms with Gasteiger partial charge in [-0.15, -0.1) is 5.10 Å². The number of benzene rings is 1. The van der Waals surface area contributed by atoms with Crippen molar-refractivity contribution in [3.05, 3.63) is 34.4 Å². The summed E-state index contributed by atoms with van der Waals surface area (Å²) in [5.74, 6) is -3.56. The first-order valence-corrected chi connectivity index (χ1v) is 4.19. The highest BCUT2D eigenvalue weighted by atomic mass is 32.1. The van der Waals surface area contributed by atoms with Crippen molar-refractivity contribution < 1.29 is 17.6 Å². The summed E-state index contributed by atoms with van der Waals surface area (Å²) >= 11 is 4.54. The van der Waals surface area contributed by atoms with Crippen molar-refractivity contribution in [1.29, 1.82) is 0 Å². The lowest BCUT2D eigenvalue weighted by atomic mass is 10.2. The van der Waals surface area contributed by atoms with Gasteiger partial charge in [-0.3, -0.25) is 0 Å². The molecule has 78 valence electrons. The summed E-state index contributed by atoms with van der Waals surface area (Å²) in [4.78, 5) is -0.117. The van der Waals surface area contributed by atoms with Gasteiger partial charge in [-0.05, 0) is 12.2 Å². The van der Waals surface area contributed by atoms with Crippen LogP contribution >= 0.6 is 12.2 Å². The van der Waals surface area contributed by atoms with Crippen LogP contribution in [0.15, 0.2) is 16.5 Å². The number of hydrogen-bond acceptors (Lipinski definition) is 3. The SMILES string of the molecule is Fc1cc(F)c(-c2n[nH]c(=S)o2)c(F)c1. The summed E-state index contributed by atoms with van der Waals surface area (Å²) in [7, 11) is 0. The molecule has 0 aliphatic heterocycles. The Hall–Kier alpha value is -1.63. The Bertz CT molecular complexity index is 540. The molecule has 0 amide bonds. The van der Waals surface area contributed by atoms with Gasteiger partial charge in [0.05, 0.1) is 0 Å². The molecule has 7 heteroatoms. The number of halogens is 3. The molecule has 0 atom stereocenters. The molecule has 2 rings (SSSR count). The first kappa shape index (κ1) is 9.91. The van der Waals surface area contributed by atoms with Crippen LogP contribution in [-0.2, 0) is 0 Å². The Labute approximate surface area is 86.5 Å². The third-order valence-corrected chi connectivity index (χ3v) is 1.83. The molecule has 0 unspecified atom stereocenters. The van der Waals surface area contributed by atoms with Crippen molar-refractivity contribution in [1.82, 2.24) is 10.2 Å². The lowest BCUT2D eigenvalue weighted by Crippen LogP contribution is -1.92. The number of H-pyrrole nitrogens is 1. The second-order valence-corrected chi connectivity index (χ2v) is 3.03. The topological polar surface area (TPSA) is 41.8 Å². The van der Waals surface area contributed by atoms with Gasteiger partial charge < -0.3 is 4.42 Å². The normalized spacial score (nSPS) is 10.6. The zero-order valence-electron chi connectivity index (χ0n) is 7.05. The molecular weight excluding hydrogens is 229 g/mol. The predicted octanol–water partition coefficient (Wildman–Crippen LogP) is 2.82. The van der Waals surface area contributed by atoms with E-state index in [1.54, 1.807) is 0 Å². The van der Waals surface area contributed by atoms with E-state index in [0.717, 1.165) is 0 Å². The van der Waals surface area contributed by atoms with E-state index in [4.69, 9.17) is 4.42 Å². The van der Waals surface area contributed by atoms with Gasteiger partial charge in [0.1, 0.15) is 23.0 Å². The van der Waals surface area contributed by atoms with Gasteiger partial charge in [-0.25, -0.2) is 18.3 Å². The van der Waals surface area contributed by atoms with Gasteiger partial charge in [-0.1, -0.05) is 0 Å². The van der Waals surface area contributed by atoms with Crippen LogP contribution in [0.2, 0.25) is 0 Å². The molecule has 2 aromatic rings. The number of hydrogen-bond donors (Lipinski definition) is 1. The lowest BCUT2D eigenvalue weighted by Gasteiger charge is -1.99. The smallest absolute Gasteiger partial charge is 0.284 e. The number of nitrogens with zero attached hydrogens (tertiary/aromatic N) is 1. The van der Waals surface area contributed by atoms with Crippen LogP contribution in [0.25, 0.3) is 11.5 Å². The summed E-state index contributed by atoms with van der Waals surface area (Å²) in [5.41, 5.74) is -0.552. The Morgan fingerprint density at radius 3 is 2.27 bits per heavy atom. The summed E-state index contributed by atoms with van der Waals surface area (Å²) in [6, 6.07) is 1.07. The van der Waals surface area contributed by atoms with Crippen molar-refractivity contribution in [2.75, 3.05) is 0 Å². The van der Waals surface area contributed by atoms with E-state index in [-0.39, 0.29) is 10.7 Å². The number of aromatic nitrogens is 2. The quantitative estimate of drug-likeness (QED) is 0.768. The van der Waals surface area contributed by atoms with Crippen LogP contribution in [0, 0.1) is 22.3 Å². The highest BCUT2D eigenvalue weighted by Gasteiger charge is 2.17. The maximum absolute atomic E-state index is 13.2. The number of nitrogens with one attached hydrogen (secondary N) is 1. The average molecular weight is 232 g/mol. The van der Waals surface area contributed by atoms with Crippen LogP contribution in [0.4, 0.5) is 13.2 Å². The maximum atomic E-state index is 13.2. The van der Waals surface area contributed by atoms with Crippen molar-refractivity contribution in [3.8, 4) is 11.5 Å². The molecule has 0 radical (unpaired) electrons. The second-order valence-electron chi connectivity index (χ2n) is 2.66. The third-order valence-electron chi connectivity index (χ3n) is 1.66. The van der Waals surface area contributed by atoms with Crippen LogP contribution in [0.5, 0.6) is 0 Å². The van der Waals surface area contributed by atoms with Crippen molar-refractivity contribution in [2.24, 2.45) is 0 Å². The molecule has 15 heavy (non-hydrogen) atoms. The molecule has 3 nitrogen and oxygen atoms in total. The Kier molecular flexibility index (Phi) is 2.31. The van der Waals surface area contributed by atoms with E-state index >= 15 is 0 Å². The molecule has 1 aromatic carbocycles. The van der Waals surface area contributed by atoms with Crippen molar-refractivity contribution in [3.63, 3.8) is 0 Å². The fourth-order valence-electron chi connectivity index (χ4n) is 1.08. The van der Waals surface area contributed by atoms with E-state index in [1.807, 2.05) is 0 Å². The minimum Gasteiger partial charge on any atom is -0.409 e. The molecule has 0 saturated heterocycles. The van der Waals surface area contributed by atoms with Gasteiger partial charge in [-0.2, -0.15) is 0 Å². The highest BCUT2D eigenvalue weighted by molar-refractivity contribution is 7.71. The summed E-state index contributed by atoms with van der Waals surface area (Å²) in [6.07, 6.45) is 0. The standard InChI is InChI=1S/C8H3F3N2OS/c9-3-1-4(10)6(5(11)2-3)7-12-13-8(15)14-7/h1-2H,(H,13,15). The van der Waals surface area contributed by atoms with Crippen LogP contribution < -0.4 is 0 Å². The van der Waals surface area contributed by atoms with Crippen molar-refractivity contribution >= 4 is 12.2 Å². The highest BCUT2D eigenvalue weighted by Crippen LogP contribution is 2.24. The van der Waals surface area contributed by atoms with Gasteiger partial charge >= 0.3 is 0 Å². The van der Waals surface area contributed by atoms with E-state index in [1.165, 1.54) is 0 Å². The molecule has 0 aliphatic carbocycles. The van der Waals surface area contributed by atoms with Gasteiger partial charge in [0.2, 0.25) is 0 Å². The van der Waals surface area contributed by atoms with E-state index in [9.17, 15) is 13.2 Å². The third kappa shape index (κ3) is 1.78. The predicted molar refractivity (Wildman–Crippen MR) is 47.0 cm³/mol.